The van der Waals surface area contributed by atoms with Gasteiger partial charge in [-0.2, -0.15) is 0 Å². The van der Waals surface area contributed by atoms with E-state index in [-0.39, 0.29) is 0 Å². The highest BCUT2D eigenvalue weighted by atomic mass is 16.5. The van der Waals surface area contributed by atoms with Crippen LogP contribution in [0.4, 0.5) is 0 Å². The molecule has 5 heterocycles. The highest BCUT2D eigenvalue weighted by molar-refractivity contribution is 6.04. The number of fused-ring (bicyclic) bond motifs is 5. The van der Waals surface area contributed by atoms with Gasteiger partial charge in [0.05, 0.1) is 33.8 Å². The fraction of sp³-hybridized carbons (Fsp3) is 0.0213. The Morgan fingerprint density at radius 2 is 0.904 bits per heavy atom. The van der Waals surface area contributed by atoms with Gasteiger partial charge in [0.1, 0.15) is 16.9 Å². The molecule has 1 aliphatic rings. The fourth-order valence-electron chi connectivity index (χ4n) is 7.60. The second kappa shape index (κ2) is 12.1. The van der Waals surface area contributed by atoms with Crippen LogP contribution in [0.25, 0.3) is 55.4 Å². The first-order valence-electron chi connectivity index (χ1n) is 17.4. The van der Waals surface area contributed by atoms with E-state index in [2.05, 4.69) is 115 Å². The maximum atomic E-state index is 6.57. The van der Waals surface area contributed by atoms with E-state index in [9.17, 15) is 0 Å². The molecule has 0 bridgehead atoms. The van der Waals surface area contributed by atoms with Crippen molar-refractivity contribution in [2.75, 3.05) is 0 Å². The van der Waals surface area contributed by atoms with Crippen molar-refractivity contribution in [2.45, 2.75) is 5.41 Å². The number of hydrogen-bond donors (Lipinski definition) is 0. The number of aromatic nitrogens is 4. The van der Waals surface area contributed by atoms with Crippen molar-refractivity contribution < 1.29 is 4.74 Å². The highest BCUT2D eigenvalue weighted by Gasteiger charge is 2.47. The van der Waals surface area contributed by atoms with Crippen LogP contribution in [0.3, 0.4) is 0 Å². The third-order valence-electron chi connectivity index (χ3n) is 10.1. The predicted molar refractivity (Wildman–Crippen MR) is 207 cm³/mol. The van der Waals surface area contributed by atoms with Gasteiger partial charge in [0, 0.05) is 45.4 Å². The molecule has 0 fully saturated rings. The molecule has 52 heavy (non-hydrogen) atoms. The van der Waals surface area contributed by atoms with Gasteiger partial charge in [0.2, 0.25) is 0 Å². The van der Waals surface area contributed by atoms with E-state index >= 15 is 0 Å². The number of nitrogens with zero attached hydrogens (tertiary/aromatic N) is 4. The minimum Gasteiger partial charge on any atom is -0.457 e. The molecule has 0 spiro atoms. The van der Waals surface area contributed by atoms with E-state index in [1.54, 1.807) is 0 Å². The van der Waals surface area contributed by atoms with Crippen LogP contribution in [-0.4, -0.2) is 19.9 Å². The van der Waals surface area contributed by atoms with Crippen molar-refractivity contribution >= 4 is 21.8 Å². The van der Waals surface area contributed by atoms with Crippen LogP contribution in [0.1, 0.15) is 22.5 Å². The van der Waals surface area contributed by atoms with Crippen molar-refractivity contribution in [3.63, 3.8) is 0 Å². The average Bonchev–Trinajstić information content (AvgIpc) is 3.23. The largest absolute Gasteiger partial charge is 0.457 e. The van der Waals surface area contributed by atoms with Crippen LogP contribution in [0.2, 0.25) is 0 Å². The van der Waals surface area contributed by atoms with Gasteiger partial charge in [0.15, 0.2) is 0 Å². The number of pyridine rings is 4. The smallest absolute Gasteiger partial charge is 0.132 e. The Balaban J connectivity index is 1.08. The zero-order chi connectivity index (χ0) is 34.5. The molecular formula is C47H30N4O. The summed E-state index contributed by atoms with van der Waals surface area (Å²) in [7, 11) is 0. The number of para-hydroxylation sites is 1. The highest BCUT2D eigenvalue weighted by Crippen LogP contribution is 2.54. The van der Waals surface area contributed by atoms with Crippen LogP contribution < -0.4 is 4.74 Å². The molecule has 0 aliphatic carbocycles. The summed E-state index contributed by atoms with van der Waals surface area (Å²) in [6.45, 7) is 0. The van der Waals surface area contributed by atoms with Gasteiger partial charge < -0.3 is 4.74 Å². The lowest BCUT2D eigenvalue weighted by molar-refractivity contribution is 0.430. The van der Waals surface area contributed by atoms with Gasteiger partial charge in [-0.1, -0.05) is 115 Å². The van der Waals surface area contributed by atoms with Gasteiger partial charge in [-0.3, -0.25) is 9.97 Å². The molecule has 0 saturated carbocycles. The number of rotatable bonds is 5. The number of benzene rings is 5. The summed E-state index contributed by atoms with van der Waals surface area (Å²) in [5.41, 5.74) is 10.9. The number of hydrogen-bond acceptors (Lipinski definition) is 5. The van der Waals surface area contributed by atoms with E-state index < -0.39 is 5.41 Å². The molecule has 244 valence electrons. The standard InChI is InChI=1S/C47H30N4O/c1-2-10-32(11-3-1)39-25-22-34-20-21-35-23-26-40(51-46(35)45(34)50-39)33-18-16-31(17-19-33)36-24-27-42-38(30-36)47(43-14-6-8-28-48-43,44-15-7-9-29-49-44)37-12-4-5-13-41(37)52-42/h1-30H. The molecule has 5 aromatic carbocycles. The summed E-state index contributed by atoms with van der Waals surface area (Å²) in [5, 5.41) is 2.13. The Morgan fingerprint density at radius 1 is 0.385 bits per heavy atom. The van der Waals surface area contributed by atoms with Crippen molar-refractivity contribution in [1.82, 2.24) is 19.9 Å². The molecule has 0 saturated heterocycles. The van der Waals surface area contributed by atoms with Crippen LogP contribution in [0.5, 0.6) is 11.5 Å². The van der Waals surface area contributed by atoms with Gasteiger partial charge in [-0.25, -0.2) is 9.97 Å². The second-order valence-corrected chi connectivity index (χ2v) is 13.0. The Hall–Kier alpha value is -6.98. The van der Waals surface area contributed by atoms with Crippen LogP contribution in [-0.2, 0) is 5.41 Å². The van der Waals surface area contributed by atoms with E-state index in [0.29, 0.717) is 0 Å². The average molecular weight is 667 g/mol. The molecule has 0 N–H and O–H groups in total. The zero-order valence-electron chi connectivity index (χ0n) is 28.0. The summed E-state index contributed by atoms with van der Waals surface area (Å²) in [6.07, 6.45) is 3.70. The molecule has 1 aliphatic heterocycles. The van der Waals surface area contributed by atoms with Crippen LogP contribution >= 0.6 is 0 Å². The molecule has 0 atom stereocenters. The molecule has 10 rings (SSSR count). The molecule has 9 aromatic rings. The first-order chi connectivity index (χ1) is 25.8. The maximum absolute atomic E-state index is 6.57. The molecular weight excluding hydrogens is 637 g/mol. The van der Waals surface area contributed by atoms with Gasteiger partial charge >= 0.3 is 0 Å². The van der Waals surface area contributed by atoms with E-state index in [1.807, 2.05) is 67.0 Å². The summed E-state index contributed by atoms with van der Waals surface area (Å²) in [6, 6.07) is 58.4. The van der Waals surface area contributed by atoms with Crippen molar-refractivity contribution in [2.24, 2.45) is 0 Å². The van der Waals surface area contributed by atoms with Gasteiger partial charge in [-0.15, -0.1) is 0 Å². The Kier molecular flexibility index (Phi) is 6.96. The lowest BCUT2D eigenvalue weighted by Crippen LogP contribution is -2.36. The third kappa shape index (κ3) is 4.78. The van der Waals surface area contributed by atoms with Crippen LogP contribution in [0, 0.1) is 0 Å². The maximum Gasteiger partial charge on any atom is 0.132 e. The minimum atomic E-state index is -0.783. The van der Waals surface area contributed by atoms with Crippen molar-refractivity contribution in [1.29, 1.82) is 0 Å². The second-order valence-electron chi connectivity index (χ2n) is 13.0. The lowest BCUT2D eigenvalue weighted by Gasteiger charge is -2.39. The summed E-state index contributed by atoms with van der Waals surface area (Å²) < 4.78 is 6.57. The summed E-state index contributed by atoms with van der Waals surface area (Å²) in [5.74, 6) is 1.58. The molecule has 5 nitrogen and oxygen atoms in total. The van der Waals surface area contributed by atoms with Crippen LogP contribution in [0.15, 0.2) is 182 Å². The molecule has 4 aromatic heterocycles. The third-order valence-corrected chi connectivity index (χ3v) is 10.1. The first kappa shape index (κ1) is 29.9. The summed E-state index contributed by atoms with van der Waals surface area (Å²) in [4.78, 5) is 20.2. The van der Waals surface area contributed by atoms with E-state index in [4.69, 9.17) is 24.7 Å². The first-order valence-corrected chi connectivity index (χ1v) is 17.4. The molecule has 0 unspecified atom stereocenters. The Labute approximate surface area is 300 Å². The fourth-order valence-corrected chi connectivity index (χ4v) is 7.60. The molecule has 0 amide bonds. The SMILES string of the molecule is c1ccc(-c2ccc3ccc4ccc(-c5ccc(-c6ccc7c(c6)C(c6ccccn6)(c6ccccn6)c6ccccc6O7)cc5)nc4c3n2)cc1. The zero-order valence-corrected chi connectivity index (χ0v) is 28.0. The lowest BCUT2D eigenvalue weighted by atomic mass is 9.67. The van der Waals surface area contributed by atoms with Crippen molar-refractivity contribution in [3.8, 4) is 45.1 Å². The van der Waals surface area contributed by atoms with Crippen molar-refractivity contribution in [3.05, 3.63) is 205 Å². The monoisotopic (exact) mass is 666 g/mol. The Morgan fingerprint density at radius 3 is 1.54 bits per heavy atom. The van der Waals surface area contributed by atoms with Gasteiger partial charge in [0.25, 0.3) is 0 Å². The summed E-state index contributed by atoms with van der Waals surface area (Å²) >= 11 is 0. The Bertz CT molecular complexity index is 2710. The number of ether oxygens (including phenoxy) is 1. The predicted octanol–water partition coefficient (Wildman–Crippen LogP) is 11.1. The normalized spacial score (nSPS) is 12.9. The van der Waals surface area contributed by atoms with E-state index in [0.717, 1.165) is 89.5 Å². The minimum absolute atomic E-state index is 0.783. The topological polar surface area (TPSA) is 60.8 Å². The molecule has 5 heteroatoms. The quantitative estimate of drug-likeness (QED) is 0.171. The molecule has 0 radical (unpaired) electrons. The van der Waals surface area contributed by atoms with Gasteiger partial charge in [-0.05, 0) is 65.7 Å². The van der Waals surface area contributed by atoms with E-state index in [1.165, 1.54) is 0 Å².